The van der Waals surface area contributed by atoms with Gasteiger partial charge in [-0.1, -0.05) is 0 Å². The summed E-state index contributed by atoms with van der Waals surface area (Å²) in [6, 6.07) is 0. The van der Waals surface area contributed by atoms with Gasteiger partial charge < -0.3 is 30.6 Å². The van der Waals surface area contributed by atoms with Gasteiger partial charge in [0.1, 0.15) is 19.3 Å². The number of carbonyl (C=O) groups excluding carboxylic acids is 3. The Morgan fingerprint density at radius 3 is 1.91 bits per heavy atom. The molecule has 0 spiro atoms. The minimum atomic E-state index is -0.613. The standard InChI is InChI=1S/C13H25N3O6/c1-3-15-12(18)21-8-10(9-22-13(19)16-4-2)20-7-5-6-11(14)17/h10H,3-9H2,1-2H3,(H2,14,17)(H,15,18)(H,16,19). The quantitative estimate of drug-likeness (QED) is 0.464. The first kappa shape index (κ1) is 20.0. The van der Waals surface area contributed by atoms with Crippen LogP contribution in [0.3, 0.4) is 0 Å². The van der Waals surface area contributed by atoms with E-state index >= 15 is 0 Å². The molecule has 4 N–H and O–H groups in total. The number of nitrogens with two attached hydrogens (primary N) is 1. The predicted octanol–water partition coefficient (Wildman–Crippen LogP) is 0.129. The number of amides is 3. The number of alkyl carbamates (subject to hydrolysis) is 2. The van der Waals surface area contributed by atoms with Crippen LogP contribution in [0.2, 0.25) is 0 Å². The van der Waals surface area contributed by atoms with Crippen molar-refractivity contribution in [3.8, 4) is 0 Å². The van der Waals surface area contributed by atoms with Crippen LogP contribution in [0.1, 0.15) is 26.7 Å². The summed E-state index contributed by atoms with van der Waals surface area (Å²) >= 11 is 0. The van der Waals surface area contributed by atoms with Gasteiger partial charge in [-0.15, -0.1) is 0 Å². The second-order valence-electron chi connectivity index (χ2n) is 4.32. The number of rotatable bonds is 11. The molecule has 9 nitrogen and oxygen atoms in total. The number of primary amides is 1. The Morgan fingerprint density at radius 2 is 1.50 bits per heavy atom. The van der Waals surface area contributed by atoms with Crippen molar-refractivity contribution in [1.82, 2.24) is 10.6 Å². The van der Waals surface area contributed by atoms with E-state index in [4.69, 9.17) is 19.9 Å². The van der Waals surface area contributed by atoms with E-state index < -0.39 is 24.2 Å². The maximum absolute atomic E-state index is 11.2. The topological polar surface area (TPSA) is 129 Å². The van der Waals surface area contributed by atoms with E-state index in [2.05, 4.69) is 10.6 Å². The maximum atomic E-state index is 11.2. The lowest BCUT2D eigenvalue weighted by Crippen LogP contribution is -2.34. The molecule has 0 rings (SSSR count). The van der Waals surface area contributed by atoms with Crippen LogP contribution in [0.4, 0.5) is 9.59 Å². The largest absolute Gasteiger partial charge is 0.447 e. The number of carbonyl (C=O) groups is 3. The van der Waals surface area contributed by atoms with Crippen molar-refractivity contribution >= 4 is 18.1 Å². The van der Waals surface area contributed by atoms with E-state index in [-0.39, 0.29) is 26.2 Å². The molecular formula is C13H25N3O6. The lowest BCUT2D eigenvalue weighted by molar-refractivity contribution is -0.118. The highest BCUT2D eigenvalue weighted by molar-refractivity contribution is 5.73. The molecule has 0 aromatic heterocycles. The summed E-state index contributed by atoms with van der Waals surface area (Å²) < 4.78 is 15.3. The average molecular weight is 319 g/mol. The van der Waals surface area contributed by atoms with Gasteiger partial charge in [0.25, 0.3) is 0 Å². The van der Waals surface area contributed by atoms with Crippen molar-refractivity contribution < 1.29 is 28.6 Å². The van der Waals surface area contributed by atoms with Gasteiger partial charge in [0.05, 0.1) is 0 Å². The summed E-state index contributed by atoms with van der Waals surface area (Å²) in [7, 11) is 0. The van der Waals surface area contributed by atoms with Crippen molar-refractivity contribution in [3.05, 3.63) is 0 Å². The van der Waals surface area contributed by atoms with Crippen LogP contribution in [-0.2, 0) is 19.0 Å². The molecule has 128 valence electrons. The van der Waals surface area contributed by atoms with Gasteiger partial charge in [-0.2, -0.15) is 0 Å². The van der Waals surface area contributed by atoms with E-state index in [1.807, 2.05) is 0 Å². The number of nitrogens with one attached hydrogen (secondary N) is 2. The van der Waals surface area contributed by atoms with Crippen molar-refractivity contribution in [1.29, 1.82) is 0 Å². The molecule has 0 aromatic carbocycles. The first-order valence-electron chi connectivity index (χ1n) is 7.20. The molecule has 0 heterocycles. The Morgan fingerprint density at radius 1 is 1.00 bits per heavy atom. The monoisotopic (exact) mass is 319 g/mol. The summed E-state index contributed by atoms with van der Waals surface area (Å²) in [5.41, 5.74) is 5.02. The zero-order chi connectivity index (χ0) is 16.8. The fourth-order valence-corrected chi connectivity index (χ4v) is 1.37. The van der Waals surface area contributed by atoms with Crippen molar-refractivity contribution in [3.63, 3.8) is 0 Å². The summed E-state index contributed by atoms with van der Waals surface area (Å²) in [5.74, 6) is -0.419. The molecule has 0 saturated heterocycles. The van der Waals surface area contributed by atoms with Crippen LogP contribution < -0.4 is 16.4 Å². The Bertz CT molecular complexity index is 329. The second kappa shape index (κ2) is 12.7. The number of hydrogen-bond acceptors (Lipinski definition) is 6. The molecule has 9 heteroatoms. The average Bonchev–Trinajstić information content (AvgIpc) is 2.45. The molecule has 0 aliphatic heterocycles. The molecule has 0 fully saturated rings. The van der Waals surface area contributed by atoms with E-state index in [9.17, 15) is 14.4 Å². The van der Waals surface area contributed by atoms with Crippen LogP contribution >= 0.6 is 0 Å². The molecule has 0 bridgehead atoms. The molecule has 0 unspecified atom stereocenters. The Kier molecular flexibility index (Phi) is 11.5. The van der Waals surface area contributed by atoms with Crippen LogP contribution in [0.5, 0.6) is 0 Å². The van der Waals surface area contributed by atoms with Gasteiger partial charge in [0.15, 0.2) is 0 Å². The maximum Gasteiger partial charge on any atom is 0.407 e. The van der Waals surface area contributed by atoms with Gasteiger partial charge in [-0.3, -0.25) is 4.79 Å². The number of hydrogen-bond donors (Lipinski definition) is 3. The van der Waals surface area contributed by atoms with Crippen LogP contribution in [0, 0.1) is 0 Å². The molecule has 0 radical (unpaired) electrons. The third kappa shape index (κ3) is 11.8. The summed E-state index contributed by atoms with van der Waals surface area (Å²) in [6.45, 7) is 4.51. The van der Waals surface area contributed by atoms with Crippen LogP contribution in [0.15, 0.2) is 0 Å². The van der Waals surface area contributed by atoms with Gasteiger partial charge >= 0.3 is 12.2 Å². The van der Waals surface area contributed by atoms with E-state index in [0.29, 0.717) is 19.5 Å². The smallest absolute Gasteiger partial charge is 0.407 e. The third-order valence-corrected chi connectivity index (χ3v) is 2.36. The van der Waals surface area contributed by atoms with Crippen molar-refractivity contribution in [2.75, 3.05) is 32.9 Å². The van der Waals surface area contributed by atoms with Gasteiger partial charge in [0.2, 0.25) is 5.91 Å². The van der Waals surface area contributed by atoms with E-state index in [1.54, 1.807) is 13.8 Å². The fraction of sp³-hybridized carbons (Fsp3) is 0.769. The van der Waals surface area contributed by atoms with Crippen molar-refractivity contribution in [2.24, 2.45) is 5.73 Å². The Hall–Kier alpha value is -2.03. The molecule has 0 aliphatic rings. The van der Waals surface area contributed by atoms with Crippen LogP contribution in [-0.4, -0.2) is 57.1 Å². The molecule has 3 amide bonds. The van der Waals surface area contributed by atoms with Gasteiger partial charge in [-0.05, 0) is 20.3 Å². The van der Waals surface area contributed by atoms with Gasteiger partial charge in [0, 0.05) is 26.1 Å². The Labute approximate surface area is 129 Å². The first-order valence-corrected chi connectivity index (χ1v) is 7.20. The minimum Gasteiger partial charge on any atom is -0.447 e. The first-order chi connectivity index (χ1) is 10.5. The minimum absolute atomic E-state index is 0.0676. The molecule has 22 heavy (non-hydrogen) atoms. The van der Waals surface area contributed by atoms with Gasteiger partial charge in [-0.25, -0.2) is 9.59 Å². The van der Waals surface area contributed by atoms with E-state index in [1.165, 1.54) is 0 Å². The zero-order valence-corrected chi connectivity index (χ0v) is 13.1. The molecular weight excluding hydrogens is 294 g/mol. The predicted molar refractivity (Wildman–Crippen MR) is 78.2 cm³/mol. The molecule has 0 aromatic rings. The molecule has 0 saturated carbocycles. The lowest BCUT2D eigenvalue weighted by Gasteiger charge is -2.18. The highest BCUT2D eigenvalue weighted by atomic mass is 16.6. The fourth-order valence-electron chi connectivity index (χ4n) is 1.37. The molecule has 0 aliphatic carbocycles. The van der Waals surface area contributed by atoms with E-state index in [0.717, 1.165) is 0 Å². The summed E-state index contributed by atoms with van der Waals surface area (Å²) in [6.07, 6.45) is -1.13. The lowest BCUT2D eigenvalue weighted by atomic mass is 10.3. The van der Waals surface area contributed by atoms with Crippen LogP contribution in [0.25, 0.3) is 0 Å². The highest BCUT2D eigenvalue weighted by Crippen LogP contribution is 1.99. The zero-order valence-electron chi connectivity index (χ0n) is 13.1. The summed E-state index contributed by atoms with van der Waals surface area (Å²) in [5, 5.41) is 4.94. The third-order valence-electron chi connectivity index (χ3n) is 2.36. The SMILES string of the molecule is CCNC(=O)OCC(COC(=O)NCC)OCCCC(N)=O. The number of ether oxygens (including phenoxy) is 3. The summed E-state index contributed by atoms with van der Waals surface area (Å²) in [4.78, 5) is 33.1. The molecule has 0 atom stereocenters. The highest BCUT2D eigenvalue weighted by Gasteiger charge is 2.15. The Balaban J connectivity index is 4.14. The second-order valence-corrected chi connectivity index (χ2v) is 4.32. The normalized spacial score (nSPS) is 10.1. The van der Waals surface area contributed by atoms with Crippen molar-refractivity contribution in [2.45, 2.75) is 32.8 Å².